The number of aromatic amines is 1. The molecule has 1 atom stereocenters. The first kappa shape index (κ1) is 10.7. The maximum atomic E-state index is 4.30. The molecule has 0 aliphatic rings. The Kier molecular flexibility index (Phi) is 2.95. The molecule has 2 aromatic rings. The molecule has 0 saturated heterocycles. The number of nitrogens with zero attached hydrogens (tertiary/aromatic N) is 5. The molecule has 7 nitrogen and oxygen atoms in total. The van der Waals surface area contributed by atoms with Gasteiger partial charge in [0.25, 0.3) is 0 Å². The van der Waals surface area contributed by atoms with E-state index in [0.717, 1.165) is 5.69 Å². The molecule has 16 heavy (non-hydrogen) atoms. The van der Waals surface area contributed by atoms with Crippen molar-refractivity contribution in [2.75, 3.05) is 0 Å². The third-order valence-corrected chi connectivity index (χ3v) is 2.47. The van der Waals surface area contributed by atoms with E-state index in [1.54, 1.807) is 0 Å². The minimum Gasteiger partial charge on any atom is -0.303 e. The van der Waals surface area contributed by atoms with E-state index in [1.165, 1.54) is 5.56 Å². The Balaban J connectivity index is 1.98. The maximum absolute atomic E-state index is 4.30. The SMILES string of the molecule is Cc1nn(C)cc1C(C)NCc1nn[nH]n1. The molecule has 0 aromatic carbocycles. The van der Waals surface area contributed by atoms with E-state index in [0.29, 0.717) is 12.4 Å². The summed E-state index contributed by atoms with van der Waals surface area (Å²) in [5, 5.41) is 21.3. The van der Waals surface area contributed by atoms with Crippen LogP contribution in [0, 0.1) is 6.92 Å². The Morgan fingerprint density at radius 3 is 2.94 bits per heavy atom. The van der Waals surface area contributed by atoms with Crippen LogP contribution in [0.25, 0.3) is 0 Å². The van der Waals surface area contributed by atoms with Gasteiger partial charge in [0, 0.05) is 24.8 Å². The molecule has 0 aliphatic carbocycles. The van der Waals surface area contributed by atoms with Crippen molar-refractivity contribution in [1.29, 1.82) is 0 Å². The Morgan fingerprint density at radius 1 is 1.56 bits per heavy atom. The van der Waals surface area contributed by atoms with Gasteiger partial charge in [0.1, 0.15) is 0 Å². The third-order valence-electron chi connectivity index (χ3n) is 2.47. The van der Waals surface area contributed by atoms with Crippen LogP contribution in [0.2, 0.25) is 0 Å². The number of H-pyrrole nitrogens is 1. The number of rotatable bonds is 4. The Hall–Kier alpha value is -1.76. The molecule has 0 saturated carbocycles. The van der Waals surface area contributed by atoms with Crippen LogP contribution in [-0.4, -0.2) is 30.4 Å². The third kappa shape index (κ3) is 2.25. The zero-order valence-corrected chi connectivity index (χ0v) is 9.60. The fraction of sp³-hybridized carbons (Fsp3) is 0.556. The van der Waals surface area contributed by atoms with E-state index in [9.17, 15) is 0 Å². The van der Waals surface area contributed by atoms with Crippen LogP contribution in [-0.2, 0) is 13.6 Å². The summed E-state index contributed by atoms with van der Waals surface area (Å²) in [4.78, 5) is 0. The summed E-state index contributed by atoms with van der Waals surface area (Å²) in [7, 11) is 1.92. The summed E-state index contributed by atoms with van der Waals surface area (Å²) in [6.45, 7) is 4.68. The summed E-state index contributed by atoms with van der Waals surface area (Å²) < 4.78 is 1.82. The fourth-order valence-electron chi connectivity index (χ4n) is 1.65. The number of aromatic nitrogens is 6. The second-order valence-electron chi connectivity index (χ2n) is 3.77. The van der Waals surface area contributed by atoms with Gasteiger partial charge in [-0.3, -0.25) is 4.68 Å². The molecule has 7 heteroatoms. The zero-order chi connectivity index (χ0) is 11.5. The quantitative estimate of drug-likeness (QED) is 0.764. The van der Waals surface area contributed by atoms with E-state index in [-0.39, 0.29) is 6.04 Å². The van der Waals surface area contributed by atoms with Gasteiger partial charge in [0.15, 0.2) is 5.82 Å². The summed E-state index contributed by atoms with van der Waals surface area (Å²) in [6.07, 6.45) is 2.02. The predicted octanol–water partition coefficient (Wildman–Crippen LogP) is 0.0924. The van der Waals surface area contributed by atoms with E-state index in [1.807, 2.05) is 24.9 Å². The van der Waals surface area contributed by atoms with Gasteiger partial charge in [-0.25, -0.2) is 0 Å². The molecule has 0 fully saturated rings. The van der Waals surface area contributed by atoms with Crippen molar-refractivity contribution >= 4 is 0 Å². The minimum absolute atomic E-state index is 0.215. The maximum Gasteiger partial charge on any atom is 0.188 e. The Labute approximate surface area is 93.2 Å². The lowest BCUT2D eigenvalue weighted by molar-refractivity contribution is 0.557. The highest BCUT2D eigenvalue weighted by Gasteiger charge is 2.11. The zero-order valence-electron chi connectivity index (χ0n) is 9.60. The van der Waals surface area contributed by atoms with Crippen molar-refractivity contribution in [3.63, 3.8) is 0 Å². The monoisotopic (exact) mass is 221 g/mol. The molecule has 0 bridgehead atoms. The van der Waals surface area contributed by atoms with Crippen LogP contribution in [0.4, 0.5) is 0 Å². The molecule has 2 heterocycles. The standard InChI is InChI=1S/C9H15N7/c1-6(8-5-16(3)13-7(8)2)10-4-9-11-14-15-12-9/h5-6,10H,4H2,1-3H3,(H,11,12,14,15). The molecular weight excluding hydrogens is 206 g/mol. The topological polar surface area (TPSA) is 84.3 Å². The molecule has 0 spiro atoms. The van der Waals surface area contributed by atoms with Crippen molar-refractivity contribution in [2.24, 2.45) is 7.05 Å². The predicted molar refractivity (Wildman–Crippen MR) is 57.4 cm³/mol. The van der Waals surface area contributed by atoms with Crippen LogP contribution < -0.4 is 5.32 Å². The first-order chi connectivity index (χ1) is 7.66. The van der Waals surface area contributed by atoms with Crippen LogP contribution >= 0.6 is 0 Å². The van der Waals surface area contributed by atoms with Gasteiger partial charge in [-0.2, -0.15) is 10.3 Å². The number of tetrazole rings is 1. The van der Waals surface area contributed by atoms with E-state index in [2.05, 4.69) is 38.0 Å². The van der Waals surface area contributed by atoms with Gasteiger partial charge in [-0.1, -0.05) is 5.21 Å². The molecule has 1 unspecified atom stereocenters. The van der Waals surface area contributed by atoms with Gasteiger partial charge < -0.3 is 5.32 Å². The van der Waals surface area contributed by atoms with Gasteiger partial charge in [-0.05, 0) is 13.8 Å². The first-order valence-corrected chi connectivity index (χ1v) is 5.12. The van der Waals surface area contributed by atoms with Gasteiger partial charge in [-0.15, -0.1) is 10.2 Å². The molecule has 0 aliphatic heterocycles. The average Bonchev–Trinajstić information content (AvgIpc) is 2.84. The van der Waals surface area contributed by atoms with Crippen LogP contribution in [0.3, 0.4) is 0 Å². The van der Waals surface area contributed by atoms with Crippen molar-refractivity contribution in [1.82, 2.24) is 35.7 Å². The normalized spacial score (nSPS) is 12.9. The molecule has 0 radical (unpaired) electrons. The van der Waals surface area contributed by atoms with E-state index >= 15 is 0 Å². The van der Waals surface area contributed by atoms with E-state index in [4.69, 9.17) is 0 Å². The van der Waals surface area contributed by atoms with Gasteiger partial charge in [0.2, 0.25) is 0 Å². The highest BCUT2D eigenvalue weighted by Crippen LogP contribution is 2.15. The average molecular weight is 221 g/mol. The Bertz CT molecular complexity index is 444. The van der Waals surface area contributed by atoms with Crippen molar-refractivity contribution in [3.8, 4) is 0 Å². The van der Waals surface area contributed by atoms with Crippen molar-refractivity contribution in [2.45, 2.75) is 26.4 Å². The lowest BCUT2D eigenvalue weighted by Gasteiger charge is -2.10. The Morgan fingerprint density at radius 2 is 2.38 bits per heavy atom. The molecule has 86 valence electrons. The molecule has 2 N–H and O–H groups in total. The molecule has 2 aromatic heterocycles. The first-order valence-electron chi connectivity index (χ1n) is 5.12. The van der Waals surface area contributed by atoms with Crippen LogP contribution in [0.15, 0.2) is 6.20 Å². The van der Waals surface area contributed by atoms with E-state index < -0.39 is 0 Å². The molecule has 2 rings (SSSR count). The van der Waals surface area contributed by atoms with Crippen LogP contribution in [0.1, 0.15) is 30.0 Å². The largest absolute Gasteiger partial charge is 0.303 e. The lowest BCUT2D eigenvalue weighted by atomic mass is 10.1. The highest BCUT2D eigenvalue weighted by molar-refractivity contribution is 5.19. The number of hydrogen-bond acceptors (Lipinski definition) is 5. The number of nitrogens with one attached hydrogen (secondary N) is 2. The summed E-state index contributed by atoms with van der Waals surface area (Å²) in [6, 6.07) is 0.215. The molecular formula is C9H15N7. The number of aryl methyl sites for hydroxylation is 2. The lowest BCUT2D eigenvalue weighted by Crippen LogP contribution is -2.19. The highest BCUT2D eigenvalue weighted by atomic mass is 15.5. The summed E-state index contributed by atoms with van der Waals surface area (Å²) in [5.41, 5.74) is 2.22. The second kappa shape index (κ2) is 4.40. The minimum atomic E-state index is 0.215. The van der Waals surface area contributed by atoms with Crippen molar-refractivity contribution < 1.29 is 0 Å². The van der Waals surface area contributed by atoms with Gasteiger partial charge in [0.05, 0.1) is 12.2 Å². The van der Waals surface area contributed by atoms with Gasteiger partial charge >= 0.3 is 0 Å². The number of hydrogen-bond donors (Lipinski definition) is 2. The second-order valence-corrected chi connectivity index (χ2v) is 3.77. The smallest absolute Gasteiger partial charge is 0.188 e. The van der Waals surface area contributed by atoms with Crippen LogP contribution in [0.5, 0.6) is 0 Å². The summed E-state index contributed by atoms with van der Waals surface area (Å²) in [5.74, 6) is 0.661. The van der Waals surface area contributed by atoms with Crippen molar-refractivity contribution in [3.05, 3.63) is 23.3 Å². The fourth-order valence-corrected chi connectivity index (χ4v) is 1.65. The summed E-state index contributed by atoms with van der Waals surface area (Å²) >= 11 is 0. The molecule has 0 amide bonds.